The van der Waals surface area contributed by atoms with Crippen LogP contribution in [0.5, 0.6) is 11.5 Å². The molecule has 0 saturated carbocycles. The van der Waals surface area contributed by atoms with Crippen LogP contribution in [0.25, 0.3) is 22.1 Å². The highest BCUT2D eigenvalue weighted by atomic mass is 16.5. The van der Waals surface area contributed by atoms with Crippen molar-refractivity contribution in [1.82, 2.24) is 4.90 Å². The summed E-state index contributed by atoms with van der Waals surface area (Å²) in [5, 5.41) is 10.7. The van der Waals surface area contributed by atoms with E-state index in [0.29, 0.717) is 17.6 Å². The van der Waals surface area contributed by atoms with E-state index in [1.165, 1.54) is 6.07 Å². The quantitative estimate of drug-likeness (QED) is 0.401. The maximum atomic E-state index is 13.1. The van der Waals surface area contributed by atoms with E-state index >= 15 is 0 Å². The fourth-order valence-corrected chi connectivity index (χ4v) is 4.75. The molecule has 0 amide bonds. The number of aryl methyl sites for hydroxylation is 1. The number of phenols is 1. The molecule has 5 rings (SSSR count). The molecular weight excluding hydrogens is 426 g/mol. The van der Waals surface area contributed by atoms with Crippen molar-refractivity contribution in [3.63, 3.8) is 0 Å². The molecule has 0 aliphatic carbocycles. The van der Waals surface area contributed by atoms with Gasteiger partial charge in [0.2, 0.25) is 0 Å². The molecule has 1 saturated heterocycles. The number of piperidine rings is 1. The van der Waals surface area contributed by atoms with E-state index in [2.05, 4.69) is 24.1 Å². The molecule has 174 valence electrons. The van der Waals surface area contributed by atoms with Gasteiger partial charge in [-0.2, -0.15) is 0 Å². The van der Waals surface area contributed by atoms with Crippen LogP contribution in [-0.2, 0) is 6.42 Å². The van der Waals surface area contributed by atoms with Crippen molar-refractivity contribution in [2.45, 2.75) is 32.3 Å². The minimum Gasteiger partial charge on any atom is -0.508 e. The number of phenolic OH excluding ortho intramolecular Hbond substituents is 1. The number of benzene rings is 3. The predicted molar refractivity (Wildman–Crippen MR) is 135 cm³/mol. The second-order valence-corrected chi connectivity index (χ2v) is 9.25. The molecule has 1 aromatic heterocycles. The Hall–Kier alpha value is -3.57. The van der Waals surface area contributed by atoms with Crippen LogP contribution >= 0.6 is 0 Å². The minimum atomic E-state index is -0.404. The summed E-state index contributed by atoms with van der Waals surface area (Å²) in [7, 11) is 2.13. The van der Waals surface area contributed by atoms with Crippen molar-refractivity contribution in [3.05, 3.63) is 93.8 Å². The minimum absolute atomic E-state index is 0.0690. The topological polar surface area (TPSA) is 62.9 Å². The van der Waals surface area contributed by atoms with Gasteiger partial charge in [-0.25, -0.2) is 4.79 Å². The van der Waals surface area contributed by atoms with Crippen LogP contribution in [0.15, 0.2) is 75.9 Å². The summed E-state index contributed by atoms with van der Waals surface area (Å²) in [6, 6.07) is 21.0. The van der Waals surface area contributed by atoms with Gasteiger partial charge in [0.15, 0.2) is 0 Å². The maximum absolute atomic E-state index is 13.1. The first kappa shape index (κ1) is 22.2. The van der Waals surface area contributed by atoms with E-state index in [4.69, 9.17) is 9.15 Å². The van der Waals surface area contributed by atoms with Crippen molar-refractivity contribution in [2.24, 2.45) is 0 Å². The molecule has 0 spiro atoms. The van der Waals surface area contributed by atoms with E-state index in [9.17, 15) is 9.90 Å². The van der Waals surface area contributed by atoms with Gasteiger partial charge in [-0.1, -0.05) is 42.0 Å². The molecule has 1 aliphatic heterocycles. The van der Waals surface area contributed by atoms with Crippen molar-refractivity contribution >= 4 is 11.0 Å². The molecule has 1 aliphatic rings. The molecule has 0 bridgehead atoms. The summed E-state index contributed by atoms with van der Waals surface area (Å²) in [5.41, 5.74) is 4.45. The Morgan fingerprint density at radius 3 is 2.56 bits per heavy atom. The van der Waals surface area contributed by atoms with E-state index in [0.717, 1.165) is 59.3 Å². The Kier molecular flexibility index (Phi) is 6.12. The third-order valence-corrected chi connectivity index (χ3v) is 6.53. The average molecular weight is 456 g/mol. The Morgan fingerprint density at radius 2 is 1.82 bits per heavy atom. The van der Waals surface area contributed by atoms with Gasteiger partial charge in [0, 0.05) is 18.0 Å². The number of aromatic hydroxyl groups is 1. The lowest BCUT2D eigenvalue weighted by Crippen LogP contribution is -2.38. The Morgan fingerprint density at radius 1 is 1.06 bits per heavy atom. The zero-order valence-electron chi connectivity index (χ0n) is 19.6. The van der Waals surface area contributed by atoms with Gasteiger partial charge in [0.05, 0.1) is 5.56 Å². The van der Waals surface area contributed by atoms with Crippen LogP contribution in [0.3, 0.4) is 0 Å². The number of hydrogen-bond donors (Lipinski definition) is 1. The number of rotatable bonds is 5. The Bertz CT molecular complexity index is 1360. The molecule has 4 aromatic rings. The number of likely N-dealkylation sites (tertiary alicyclic amines) is 1. The molecule has 1 atom stereocenters. The van der Waals surface area contributed by atoms with E-state index in [-0.39, 0.29) is 11.9 Å². The van der Waals surface area contributed by atoms with Crippen LogP contribution < -0.4 is 10.4 Å². The normalized spacial score (nSPS) is 16.6. The third-order valence-electron chi connectivity index (χ3n) is 6.53. The lowest BCUT2D eigenvalue weighted by molar-refractivity contribution is 0.104. The van der Waals surface area contributed by atoms with E-state index < -0.39 is 5.63 Å². The van der Waals surface area contributed by atoms with Gasteiger partial charge in [-0.05, 0) is 80.7 Å². The number of likely N-dealkylation sites (N-methyl/N-ethyl adjacent to an activating group) is 1. The van der Waals surface area contributed by atoms with Gasteiger partial charge in [-0.3, -0.25) is 0 Å². The molecule has 1 N–H and O–H groups in total. The van der Waals surface area contributed by atoms with Crippen LogP contribution in [0.2, 0.25) is 0 Å². The number of nitrogens with zero attached hydrogens (tertiary/aromatic N) is 1. The number of ether oxygens (including phenoxy) is 1. The molecule has 3 aromatic carbocycles. The molecule has 2 heterocycles. The summed E-state index contributed by atoms with van der Waals surface area (Å²) in [6.07, 6.45) is 3.00. The number of fused-ring (bicyclic) bond motifs is 1. The van der Waals surface area contributed by atoms with Gasteiger partial charge in [0.1, 0.15) is 23.2 Å². The Labute approximate surface area is 199 Å². The van der Waals surface area contributed by atoms with Crippen LogP contribution in [0.1, 0.15) is 29.5 Å². The molecule has 34 heavy (non-hydrogen) atoms. The zero-order valence-corrected chi connectivity index (χ0v) is 19.6. The van der Waals surface area contributed by atoms with E-state index in [1.807, 2.05) is 49.4 Å². The molecule has 5 heteroatoms. The van der Waals surface area contributed by atoms with Gasteiger partial charge in [-0.15, -0.1) is 0 Å². The van der Waals surface area contributed by atoms with Crippen LogP contribution in [-0.4, -0.2) is 36.2 Å². The molecule has 0 radical (unpaired) electrons. The Balaban J connectivity index is 1.50. The first-order chi connectivity index (χ1) is 16.5. The third kappa shape index (κ3) is 4.70. The average Bonchev–Trinajstić information content (AvgIpc) is 2.81. The van der Waals surface area contributed by atoms with Crippen molar-refractivity contribution in [2.75, 3.05) is 20.1 Å². The molecular formula is C29H29NO4. The smallest absolute Gasteiger partial charge is 0.344 e. The first-order valence-electron chi connectivity index (χ1n) is 11.8. The lowest BCUT2D eigenvalue weighted by atomic mass is 9.93. The standard InChI is InChI=1S/C29H29NO4/c1-19-5-9-21(10-6-19)28-26(25-14-11-22(31)17-27(25)34-29(28)32)16-20-7-12-23(13-8-20)33-24-4-3-15-30(2)18-24/h5-14,17,24,31H,3-4,15-16,18H2,1-2H3. The lowest BCUT2D eigenvalue weighted by Gasteiger charge is -2.30. The van der Waals surface area contributed by atoms with Gasteiger partial charge >= 0.3 is 5.63 Å². The predicted octanol–water partition coefficient (Wildman–Crippen LogP) is 5.54. The van der Waals surface area contributed by atoms with Crippen LogP contribution in [0.4, 0.5) is 0 Å². The van der Waals surface area contributed by atoms with Crippen molar-refractivity contribution < 1.29 is 14.3 Å². The van der Waals surface area contributed by atoms with Crippen molar-refractivity contribution in [3.8, 4) is 22.6 Å². The first-order valence-corrected chi connectivity index (χ1v) is 11.8. The fourth-order valence-electron chi connectivity index (χ4n) is 4.75. The summed E-state index contributed by atoms with van der Waals surface area (Å²) in [4.78, 5) is 15.4. The summed E-state index contributed by atoms with van der Waals surface area (Å²) in [5.74, 6) is 0.935. The second-order valence-electron chi connectivity index (χ2n) is 9.25. The molecule has 1 fully saturated rings. The maximum Gasteiger partial charge on any atom is 0.344 e. The summed E-state index contributed by atoms with van der Waals surface area (Å²) in [6.45, 7) is 4.09. The highest BCUT2D eigenvalue weighted by Gasteiger charge is 2.19. The monoisotopic (exact) mass is 455 g/mol. The molecule has 1 unspecified atom stereocenters. The SMILES string of the molecule is Cc1ccc(-c2c(Cc3ccc(OC4CCCN(C)C4)cc3)c3ccc(O)cc3oc2=O)cc1. The second kappa shape index (κ2) is 9.35. The summed E-state index contributed by atoms with van der Waals surface area (Å²) < 4.78 is 11.8. The fraction of sp³-hybridized carbons (Fsp3) is 0.276. The largest absolute Gasteiger partial charge is 0.508 e. The summed E-state index contributed by atoms with van der Waals surface area (Å²) >= 11 is 0. The van der Waals surface area contributed by atoms with Crippen molar-refractivity contribution in [1.29, 1.82) is 0 Å². The zero-order chi connectivity index (χ0) is 23.7. The molecule has 5 nitrogen and oxygen atoms in total. The number of hydrogen-bond acceptors (Lipinski definition) is 5. The van der Waals surface area contributed by atoms with Gasteiger partial charge in [0.25, 0.3) is 0 Å². The van der Waals surface area contributed by atoms with Crippen LogP contribution in [0, 0.1) is 6.92 Å². The van der Waals surface area contributed by atoms with E-state index in [1.54, 1.807) is 6.07 Å². The highest BCUT2D eigenvalue weighted by Crippen LogP contribution is 2.32. The highest BCUT2D eigenvalue weighted by molar-refractivity contribution is 5.88. The van der Waals surface area contributed by atoms with Gasteiger partial charge < -0.3 is 19.2 Å².